The fourth-order valence-electron chi connectivity index (χ4n) is 1.36. The summed E-state index contributed by atoms with van der Waals surface area (Å²) >= 11 is 0. The van der Waals surface area contributed by atoms with Crippen molar-refractivity contribution in [1.29, 1.82) is 0 Å². The molecule has 0 aliphatic carbocycles. The molecule has 0 aliphatic rings. The van der Waals surface area contributed by atoms with Crippen molar-refractivity contribution >= 4 is 12.2 Å². The Balaban J connectivity index is 0.000000180. The number of pyridine rings is 2. The number of hydrogen-bond acceptors (Lipinski definition) is 2. The molecule has 0 bridgehead atoms. The summed E-state index contributed by atoms with van der Waals surface area (Å²) in [7, 11) is 0. The summed E-state index contributed by atoms with van der Waals surface area (Å²) in [6, 6.07) is 11.7. The molecule has 0 spiro atoms. The Morgan fingerprint density at radius 3 is 1.39 bits per heavy atom. The molecule has 2 nitrogen and oxygen atoms in total. The SMILES string of the molecule is C=Cc1cccc(C)n1.C=Cc1cccc(C)n1. The van der Waals surface area contributed by atoms with E-state index in [2.05, 4.69) is 23.1 Å². The monoisotopic (exact) mass is 238 g/mol. The van der Waals surface area contributed by atoms with Gasteiger partial charge in [0.05, 0.1) is 11.4 Å². The fraction of sp³-hybridized carbons (Fsp3) is 0.125. The van der Waals surface area contributed by atoms with Gasteiger partial charge in [0.2, 0.25) is 0 Å². The highest BCUT2D eigenvalue weighted by Crippen LogP contribution is 1.98. The van der Waals surface area contributed by atoms with Crippen LogP contribution < -0.4 is 0 Å². The average Bonchev–Trinajstić information content (AvgIpc) is 2.39. The van der Waals surface area contributed by atoms with E-state index in [9.17, 15) is 0 Å². The first-order chi connectivity index (χ1) is 8.65. The molecule has 2 rings (SSSR count). The third-order valence-corrected chi connectivity index (χ3v) is 2.24. The third-order valence-electron chi connectivity index (χ3n) is 2.24. The lowest BCUT2D eigenvalue weighted by Gasteiger charge is -1.91. The Labute approximate surface area is 109 Å². The van der Waals surface area contributed by atoms with Gasteiger partial charge in [-0.1, -0.05) is 25.3 Å². The van der Waals surface area contributed by atoms with Crippen LogP contribution in [0.1, 0.15) is 22.8 Å². The molecule has 0 aliphatic heterocycles. The second-order valence-electron chi connectivity index (χ2n) is 3.82. The van der Waals surface area contributed by atoms with Crippen LogP contribution in [0, 0.1) is 13.8 Å². The molecule has 0 amide bonds. The maximum atomic E-state index is 4.17. The molecule has 0 radical (unpaired) electrons. The zero-order chi connectivity index (χ0) is 13.4. The fourth-order valence-corrected chi connectivity index (χ4v) is 1.36. The Morgan fingerprint density at radius 1 is 0.778 bits per heavy atom. The van der Waals surface area contributed by atoms with E-state index in [1.165, 1.54) is 0 Å². The van der Waals surface area contributed by atoms with E-state index in [4.69, 9.17) is 0 Å². The summed E-state index contributed by atoms with van der Waals surface area (Å²) in [4.78, 5) is 8.35. The number of aryl methyl sites for hydroxylation is 2. The lowest BCUT2D eigenvalue weighted by Crippen LogP contribution is -1.81. The van der Waals surface area contributed by atoms with Gasteiger partial charge in [-0.3, -0.25) is 9.97 Å². The van der Waals surface area contributed by atoms with Gasteiger partial charge in [-0.15, -0.1) is 0 Å². The molecule has 2 heteroatoms. The molecule has 2 aromatic heterocycles. The van der Waals surface area contributed by atoms with Gasteiger partial charge < -0.3 is 0 Å². The summed E-state index contributed by atoms with van der Waals surface area (Å²) < 4.78 is 0. The second-order valence-corrected chi connectivity index (χ2v) is 3.82. The van der Waals surface area contributed by atoms with E-state index >= 15 is 0 Å². The van der Waals surface area contributed by atoms with Crippen molar-refractivity contribution in [3.63, 3.8) is 0 Å². The minimum Gasteiger partial charge on any atom is -0.254 e. The first kappa shape index (κ1) is 13.8. The number of hydrogen-bond donors (Lipinski definition) is 0. The lowest BCUT2D eigenvalue weighted by atomic mass is 10.3. The highest BCUT2D eigenvalue weighted by molar-refractivity contribution is 5.41. The van der Waals surface area contributed by atoms with Gasteiger partial charge in [0.15, 0.2) is 0 Å². The number of rotatable bonds is 2. The Kier molecular flexibility index (Phi) is 5.52. The van der Waals surface area contributed by atoms with Crippen LogP contribution in [0.3, 0.4) is 0 Å². The van der Waals surface area contributed by atoms with Crippen LogP contribution in [0.4, 0.5) is 0 Å². The van der Waals surface area contributed by atoms with Crippen LogP contribution in [0.5, 0.6) is 0 Å². The van der Waals surface area contributed by atoms with Crippen LogP contribution in [0.25, 0.3) is 12.2 Å². The van der Waals surface area contributed by atoms with Crippen LogP contribution in [0.2, 0.25) is 0 Å². The predicted molar refractivity (Wildman–Crippen MR) is 78.1 cm³/mol. The average molecular weight is 238 g/mol. The Morgan fingerprint density at radius 2 is 1.17 bits per heavy atom. The van der Waals surface area contributed by atoms with Gasteiger partial charge in [-0.2, -0.15) is 0 Å². The van der Waals surface area contributed by atoms with E-state index < -0.39 is 0 Å². The topological polar surface area (TPSA) is 25.8 Å². The standard InChI is InChI=1S/2C8H9N/c2*1-3-8-6-4-5-7(2)9-8/h2*3-6H,1H2,2H3. The third kappa shape index (κ3) is 4.74. The second kappa shape index (κ2) is 7.17. The van der Waals surface area contributed by atoms with E-state index in [0.29, 0.717) is 0 Å². The van der Waals surface area contributed by atoms with Gasteiger partial charge >= 0.3 is 0 Å². The van der Waals surface area contributed by atoms with E-state index in [0.717, 1.165) is 22.8 Å². The van der Waals surface area contributed by atoms with Gasteiger partial charge in [0.25, 0.3) is 0 Å². The summed E-state index contributed by atoms with van der Waals surface area (Å²) in [6.07, 6.45) is 3.49. The molecule has 2 aromatic rings. The Hall–Kier alpha value is -2.22. The zero-order valence-corrected chi connectivity index (χ0v) is 10.9. The molecule has 0 N–H and O–H groups in total. The molecular weight excluding hydrogens is 220 g/mol. The minimum absolute atomic E-state index is 0.940. The van der Waals surface area contributed by atoms with Crippen molar-refractivity contribution in [2.75, 3.05) is 0 Å². The molecular formula is C16H18N2. The van der Waals surface area contributed by atoms with E-state index in [1.54, 1.807) is 12.2 Å². The van der Waals surface area contributed by atoms with Crippen LogP contribution in [-0.2, 0) is 0 Å². The first-order valence-corrected chi connectivity index (χ1v) is 5.78. The van der Waals surface area contributed by atoms with E-state index in [-0.39, 0.29) is 0 Å². The minimum atomic E-state index is 0.940. The summed E-state index contributed by atoms with van der Waals surface area (Å²) in [5.74, 6) is 0. The Bertz CT molecular complexity index is 481. The highest BCUT2D eigenvalue weighted by Gasteiger charge is 1.85. The van der Waals surface area contributed by atoms with Crippen molar-refractivity contribution < 1.29 is 0 Å². The summed E-state index contributed by atoms with van der Waals surface area (Å²) in [5, 5.41) is 0. The van der Waals surface area contributed by atoms with Gasteiger partial charge in [-0.25, -0.2) is 0 Å². The van der Waals surface area contributed by atoms with Crippen molar-refractivity contribution in [2.45, 2.75) is 13.8 Å². The summed E-state index contributed by atoms with van der Waals surface area (Å²) in [6.45, 7) is 11.1. The predicted octanol–water partition coefficient (Wildman–Crippen LogP) is 4.07. The van der Waals surface area contributed by atoms with Gasteiger partial charge in [0.1, 0.15) is 0 Å². The molecule has 0 unspecified atom stereocenters. The zero-order valence-electron chi connectivity index (χ0n) is 10.9. The quantitative estimate of drug-likeness (QED) is 0.788. The molecule has 0 aromatic carbocycles. The highest BCUT2D eigenvalue weighted by atomic mass is 14.7. The van der Waals surface area contributed by atoms with Crippen molar-refractivity contribution in [3.8, 4) is 0 Å². The lowest BCUT2D eigenvalue weighted by molar-refractivity contribution is 1.18. The molecule has 0 saturated heterocycles. The van der Waals surface area contributed by atoms with Gasteiger partial charge in [0, 0.05) is 11.4 Å². The normalized spacial score (nSPS) is 9.00. The molecule has 18 heavy (non-hydrogen) atoms. The van der Waals surface area contributed by atoms with Crippen LogP contribution >= 0.6 is 0 Å². The number of aromatic nitrogens is 2. The van der Waals surface area contributed by atoms with Crippen LogP contribution in [0.15, 0.2) is 49.6 Å². The smallest absolute Gasteiger partial charge is 0.0626 e. The molecule has 0 saturated carbocycles. The van der Waals surface area contributed by atoms with Crippen molar-refractivity contribution in [2.24, 2.45) is 0 Å². The molecule has 0 atom stereocenters. The first-order valence-electron chi connectivity index (χ1n) is 5.78. The summed E-state index contributed by atoms with van der Waals surface area (Å²) in [5.41, 5.74) is 3.95. The van der Waals surface area contributed by atoms with E-state index in [1.807, 2.05) is 50.2 Å². The van der Waals surface area contributed by atoms with Crippen molar-refractivity contribution in [1.82, 2.24) is 9.97 Å². The van der Waals surface area contributed by atoms with Crippen LogP contribution in [-0.4, -0.2) is 9.97 Å². The van der Waals surface area contributed by atoms with Gasteiger partial charge in [-0.05, 0) is 50.3 Å². The van der Waals surface area contributed by atoms with Crippen molar-refractivity contribution in [3.05, 3.63) is 72.3 Å². The largest absolute Gasteiger partial charge is 0.254 e. The number of nitrogens with zero attached hydrogens (tertiary/aromatic N) is 2. The maximum absolute atomic E-state index is 4.17. The maximum Gasteiger partial charge on any atom is 0.0626 e. The molecule has 92 valence electrons. The molecule has 2 heterocycles. The molecule has 0 fully saturated rings.